The van der Waals surface area contributed by atoms with E-state index in [1.54, 1.807) is 0 Å². The van der Waals surface area contributed by atoms with Crippen LogP contribution < -0.4 is 0 Å². The van der Waals surface area contributed by atoms with E-state index in [0.29, 0.717) is 6.61 Å². The number of esters is 1. The third kappa shape index (κ3) is 7.04. The predicted octanol–water partition coefficient (Wildman–Crippen LogP) is 3.77. The van der Waals surface area contributed by atoms with Crippen LogP contribution >= 0.6 is 0 Å². The zero-order chi connectivity index (χ0) is 12.4. The van der Waals surface area contributed by atoms with E-state index in [9.17, 15) is 4.79 Å². The minimum absolute atomic E-state index is 0.0552. The van der Waals surface area contributed by atoms with Gasteiger partial charge >= 0.3 is 5.97 Å². The van der Waals surface area contributed by atoms with E-state index in [1.165, 1.54) is 25.7 Å². The van der Waals surface area contributed by atoms with Crippen molar-refractivity contribution in [2.75, 3.05) is 6.61 Å². The fourth-order valence-corrected chi connectivity index (χ4v) is 3.48. The van der Waals surface area contributed by atoms with Crippen LogP contribution in [0.15, 0.2) is 0 Å². The maximum absolute atomic E-state index is 11.7. The molecule has 0 aromatic rings. The molecule has 0 aliphatic carbocycles. The molecule has 1 unspecified atom stereocenters. The predicted molar refractivity (Wildman–Crippen MR) is 72.6 cm³/mol. The minimum Gasteiger partial charge on any atom is -0.466 e. The van der Waals surface area contributed by atoms with Crippen LogP contribution in [0.3, 0.4) is 0 Å². The van der Waals surface area contributed by atoms with Gasteiger partial charge in [-0.05, 0) is 12.8 Å². The zero-order valence-electron chi connectivity index (χ0n) is 11.4. The molecule has 96 valence electrons. The lowest BCUT2D eigenvalue weighted by molar-refractivity contribution is -0.143. The van der Waals surface area contributed by atoms with Gasteiger partial charge in [0.05, 0.1) is 6.61 Å². The van der Waals surface area contributed by atoms with Gasteiger partial charge in [0, 0.05) is 14.3 Å². The molecule has 1 atom stereocenters. The molecule has 0 saturated carbocycles. The van der Waals surface area contributed by atoms with Gasteiger partial charge in [-0.15, -0.1) is 0 Å². The fraction of sp³-hybridized carbons (Fsp3) is 0.923. The van der Waals surface area contributed by atoms with Gasteiger partial charge < -0.3 is 4.74 Å². The van der Waals surface area contributed by atoms with Gasteiger partial charge in [-0.2, -0.15) is 0 Å². The van der Waals surface area contributed by atoms with Crippen LogP contribution in [-0.2, 0) is 9.53 Å². The molecule has 0 radical (unpaired) electrons. The van der Waals surface area contributed by atoms with Crippen molar-refractivity contribution in [2.24, 2.45) is 0 Å². The number of carbonyl (C=O) groups excluding carboxylic acids is 1. The number of rotatable bonds is 9. The summed E-state index contributed by atoms with van der Waals surface area (Å²) in [5.41, 5.74) is 0.218. The first-order valence-corrected chi connectivity index (χ1v) is 9.77. The van der Waals surface area contributed by atoms with Crippen molar-refractivity contribution in [3.63, 3.8) is 0 Å². The van der Waals surface area contributed by atoms with E-state index in [0.717, 1.165) is 12.8 Å². The number of unbranched alkanes of at least 4 members (excludes halogenated alkanes) is 4. The van der Waals surface area contributed by atoms with Crippen LogP contribution in [0.1, 0.15) is 52.4 Å². The van der Waals surface area contributed by atoms with E-state index in [-0.39, 0.29) is 11.5 Å². The van der Waals surface area contributed by atoms with E-state index < -0.39 is 8.80 Å². The molecule has 0 aliphatic rings. The van der Waals surface area contributed by atoms with Gasteiger partial charge in [-0.1, -0.05) is 52.6 Å². The van der Waals surface area contributed by atoms with Gasteiger partial charge in [0.25, 0.3) is 0 Å². The van der Waals surface area contributed by atoms with Crippen molar-refractivity contribution in [2.45, 2.75) is 71.0 Å². The normalized spacial score (nSPS) is 12.8. The molecule has 0 aromatic carbocycles. The van der Waals surface area contributed by atoms with Gasteiger partial charge in [0.1, 0.15) is 0 Å². The minimum atomic E-state index is -0.888. The average Bonchev–Trinajstić information content (AvgIpc) is 2.23. The van der Waals surface area contributed by atoms with Crippen LogP contribution in [-0.4, -0.2) is 21.4 Å². The summed E-state index contributed by atoms with van der Waals surface area (Å²) in [6, 6.07) is 0. The molecule has 0 heterocycles. The van der Waals surface area contributed by atoms with Crippen LogP contribution in [0.5, 0.6) is 0 Å². The summed E-state index contributed by atoms with van der Waals surface area (Å²) in [6.07, 6.45) is 6.99. The SMILES string of the molecule is CCCCCCCOC(=O)C(CC)[SiH](C)C. The number of carbonyl (C=O) groups is 1. The molecule has 2 nitrogen and oxygen atoms in total. The number of hydrogen-bond acceptors (Lipinski definition) is 2. The summed E-state index contributed by atoms with van der Waals surface area (Å²) in [4.78, 5) is 11.7. The first-order chi connectivity index (χ1) is 7.63. The molecule has 0 fully saturated rings. The van der Waals surface area contributed by atoms with Crippen molar-refractivity contribution in [3.8, 4) is 0 Å². The average molecular weight is 244 g/mol. The summed E-state index contributed by atoms with van der Waals surface area (Å²) >= 11 is 0. The second kappa shape index (κ2) is 9.88. The highest BCUT2D eigenvalue weighted by Gasteiger charge is 2.21. The summed E-state index contributed by atoms with van der Waals surface area (Å²) in [5.74, 6) is 0.0552. The zero-order valence-corrected chi connectivity index (χ0v) is 12.6. The highest BCUT2D eigenvalue weighted by atomic mass is 28.3. The Morgan fingerprint density at radius 1 is 1.12 bits per heavy atom. The Balaban J connectivity index is 3.56. The van der Waals surface area contributed by atoms with Gasteiger partial charge in [0.2, 0.25) is 0 Å². The van der Waals surface area contributed by atoms with Gasteiger partial charge in [0.15, 0.2) is 0 Å². The Bertz CT molecular complexity index is 181. The van der Waals surface area contributed by atoms with E-state index >= 15 is 0 Å². The third-order valence-corrected chi connectivity index (χ3v) is 5.39. The first kappa shape index (κ1) is 15.7. The molecule has 16 heavy (non-hydrogen) atoms. The van der Waals surface area contributed by atoms with Crippen molar-refractivity contribution < 1.29 is 9.53 Å². The maximum Gasteiger partial charge on any atom is 0.305 e. The van der Waals surface area contributed by atoms with Gasteiger partial charge in [-0.3, -0.25) is 4.79 Å². The first-order valence-electron chi connectivity index (χ1n) is 6.80. The number of ether oxygens (including phenoxy) is 1. The summed E-state index contributed by atoms with van der Waals surface area (Å²) < 4.78 is 5.33. The molecule has 3 heteroatoms. The molecule has 0 saturated heterocycles. The Morgan fingerprint density at radius 2 is 1.75 bits per heavy atom. The maximum atomic E-state index is 11.7. The third-order valence-electron chi connectivity index (χ3n) is 3.04. The molecule has 0 bridgehead atoms. The van der Waals surface area contributed by atoms with E-state index in [2.05, 4.69) is 26.9 Å². The second-order valence-electron chi connectivity index (χ2n) is 4.84. The molecule has 0 N–H and O–H groups in total. The van der Waals surface area contributed by atoms with Crippen molar-refractivity contribution in [1.82, 2.24) is 0 Å². The van der Waals surface area contributed by atoms with Crippen LogP contribution in [0, 0.1) is 0 Å². The second-order valence-corrected chi connectivity index (χ2v) is 8.13. The van der Waals surface area contributed by atoms with E-state index in [1.807, 2.05) is 0 Å². The summed E-state index contributed by atoms with van der Waals surface area (Å²) in [5, 5.41) is 0. The molecular weight excluding hydrogens is 216 g/mol. The summed E-state index contributed by atoms with van der Waals surface area (Å²) in [6.45, 7) is 9.35. The Morgan fingerprint density at radius 3 is 2.25 bits per heavy atom. The highest BCUT2D eigenvalue weighted by molar-refractivity contribution is 6.61. The lowest BCUT2D eigenvalue weighted by Gasteiger charge is -2.16. The fourth-order valence-electron chi connectivity index (χ4n) is 1.90. The lowest BCUT2D eigenvalue weighted by atomic mass is 10.2. The Labute approximate surface area is 102 Å². The Kier molecular flexibility index (Phi) is 9.69. The monoisotopic (exact) mass is 244 g/mol. The van der Waals surface area contributed by atoms with Crippen LogP contribution in [0.4, 0.5) is 0 Å². The van der Waals surface area contributed by atoms with E-state index in [4.69, 9.17) is 4.74 Å². The number of hydrogen-bond donors (Lipinski definition) is 0. The molecule has 0 rings (SSSR count). The topological polar surface area (TPSA) is 26.3 Å². The highest BCUT2D eigenvalue weighted by Crippen LogP contribution is 2.17. The van der Waals surface area contributed by atoms with Crippen LogP contribution in [0.25, 0.3) is 0 Å². The smallest absolute Gasteiger partial charge is 0.305 e. The van der Waals surface area contributed by atoms with Gasteiger partial charge in [-0.25, -0.2) is 0 Å². The molecule has 0 aromatic heterocycles. The quantitative estimate of drug-likeness (QED) is 0.351. The van der Waals surface area contributed by atoms with Crippen molar-refractivity contribution in [3.05, 3.63) is 0 Å². The lowest BCUT2D eigenvalue weighted by Crippen LogP contribution is -2.23. The van der Waals surface area contributed by atoms with Crippen LogP contribution in [0.2, 0.25) is 18.6 Å². The largest absolute Gasteiger partial charge is 0.466 e. The van der Waals surface area contributed by atoms with Crippen molar-refractivity contribution >= 4 is 14.8 Å². The molecule has 0 amide bonds. The summed E-state index contributed by atoms with van der Waals surface area (Å²) in [7, 11) is -0.888. The molecular formula is C13H28O2Si. The van der Waals surface area contributed by atoms with Crippen molar-refractivity contribution in [1.29, 1.82) is 0 Å². The Hall–Kier alpha value is -0.313. The molecule has 0 aliphatic heterocycles. The standard InChI is InChI=1S/C13H28O2Si/c1-5-7-8-9-10-11-15-13(14)12(6-2)16(3)4/h12,16H,5-11H2,1-4H3. The molecule has 0 spiro atoms.